The molecule has 0 spiro atoms. The number of nitrogens with zero attached hydrogens (tertiary/aromatic N) is 1. The van der Waals surface area contributed by atoms with E-state index in [0.29, 0.717) is 13.2 Å². The Bertz CT molecular complexity index is 313. The first kappa shape index (κ1) is 13.9. The van der Waals surface area contributed by atoms with Crippen molar-refractivity contribution in [2.24, 2.45) is 5.73 Å². The van der Waals surface area contributed by atoms with Crippen LogP contribution in [0, 0.1) is 0 Å². The normalized spacial score (nSPS) is 12.6. The fraction of sp³-hybridized carbons (Fsp3) is 0.429. The molecule has 1 aromatic rings. The molecule has 0 fully saturated rings. The SMILES string of the molecule is C=CCN(CCOC)C(CN)c1ccccc1. The van der Waals surface area contributed by atoms with Crippen molar-refractivity contribution in [2.45, 2.75) is 6.04 Å². The Balaban J connectivity index is 2.77. The molecule has 1 atom stereocenters. The molecule has 1 rings (SSSR count). The molecular weight excluding hydrogens is 212 g/mol. The molecule has 0 saturated heterocycles. The molecule has 0 aliphatic rings. The molecule has 0 heterocycles. The minimum absolute atomic E-state index is 0.226. The average Bonchev–Trinajstić information content (AvgIpc) is 2.38. The zero-order chi connectivity index (χ0) is 12.5. The van der Waals surface area contributed by atoms with Crippen LogP contribution in [-0.4, -0.2) is 38.3 Å². The van der Waals surface area contributed by atoms with Gasteiger partial charge >= 0.3 is 0 Å². The fourth-order valence-electron chi connectivity index (χ4n) is 1.92. The van der Waals surface area contributed by atoms with Crippen LogP contribution in [0.2, 0.25) is 0 Å². The number of hydrogen-bond donors (Lipinski definition) is 1. The van der Waals surface area contributed by atoms with Crippen LogP contribution in [0.15, 0.2) is 43.0 Å². The van der Waals surface area contributed by atoms with Gasteiger partial charge in [0.05, 0.1) is 6.61 Å². The van der Waals surface area contributed by atoms with Crippen LogP contribution in [0.4, 0.5) is 0 Å². The number of benzene rings is 1. The Morgan fingerprint density at radius 1 is 1.41 bits per heavy atom. The largest absolute Gasteiger partial charge is 0.383 e. The van der Waals surface area contributed by atoms with E-state index < -0.39 is 0 Å². The summed E-state index contributed by atoms with van der Waals surface area (Å²) in [6, 6.07) is 10.6. The second-order valence-corrected chi connectivity index (χ2v) is 3.94. The highest BCUT2D eigenvalue weighted by atomic mass is 16.5. The topological polar surface area (TPSA) is 38.5 Å². The third-order valence-electron chi connectivity index (χ3n) is 2.79. The van der Waals surface area contributed by atoms with Gasteiger partial charge in [0.15, 0.2) is 0 Å². The molecule has 17 heavy (non-hydrogen) atoms. The average molecular weight is 234 g/mol. The first-order valence-electron chi connectivity index (χ1n) is 5.92. The van der Waals surface area contributed by atoms with E-state index in [9.17, 15) is 0 Å². The van der Waals surface area contributed by atoms with E-state index in [1.807, 2.05) is 24.3 Å². The van der Waals surface area contributed by atoms with Gasteiger partial charge in [0.25, 0.3) is 0 Å². The first-order chi connectivity index (χ1) is 8.33. The van der Waals surface area contributed by atoms with E-state index >= 15 is 0 Å². The summed E-state index contributed by atoms with van der Waals surface area (Å²) >= 11 is 0. The summed E-state index contributed by atoms with van der Waals surface area (Å²) in [4.78, 5) is 2.28. The zero-order valence-corrected chi connectivity index (χ0v) is 10.5. The molecule has 94 valence electrons. The van der Waals surface area contributed by atoms with E-state index in [0.717, 1.165) is 13.1 Å². The van der Waals surface area contributed by atoms with Crippen LogP contribution in [0.25, 0.3) is 0 Å². The van der Waals surface area contributed by atoms with Crippen molar-refractivity contribution in [3.63, 3.8) is 0 Å². The predicted molar refractivity (Wildman–Crippen MR) is 71.9 cm³/mol. The summed E-state index contributed by atoms with van der Waals surface area (Å²) in [5.41, 5.74) is 7.13. The second kappa shape index (κ2) is 8.01. The lowest BCUT2D eigenvalue weighted by Gasteiger charge is -2.30. The van der Waals surface area contributed by atoms with Gasteiger partial charge in [-0.05, 0) is 5.56 Å². The quantitative estimate of drug-likeness (QED) is 0.697. The molecule has 0 aliphatic carbocycles. The number of ether oxygens (including phenoxy) is 1. The summed E-state index contributed by atoms with van der Waals surface area (Å²) in [6.45, 7) is 6.78. The number of rotatable bonds is 8. The van der Waals surface area contributed by atoms with Gasteiger partial charge < -0.3 is 10.5 Å². The maximum Gasteiger partial charge on any atom is 0.0590 e. The molecule has 3 nitrogen and oxygen atoms in total. The van der Waals surface area contributed by atoms with Gasteiger partial charge in [0.2, 0.25) is 0 Å². The van der Waals surface area contributed by atoms with Crippen molar-refractivity contribution >= 4 is 0 Å². The Kier molecular flexibility index (Phi) is 6.55. The third kappa shape index (κ3) is 4.30. The van der Waals surface area contributed by atoms with Crippen molar-refractivity contribution in [2.75, 3.05) is 33.4 Å². The summed E-state index contributed by atoms with van der Waals surface area (Å²) in [7, 11) is 1.71. The Morgan fingerprint density at radius 3 is 2.65 bits per heavy atom. The van der Waals surface area contributed by atoms with Crippen LogP contribution < -0.4 is 5.73 Å². The maximum absolute atomic E-state index is 5.89. The summed E-state index contributed by atoms with van der Waals surface area (Å²) in [6.07, 6.45) is 1.90. The van der Waals surface area contributed by atoms with Gasteiger partial charge in [-0.3, -0.25) is 4.90 Å². The Labute approximate surface area is 104 Å². The number of hydrogen-bond acceptors (Lipinski definition) is 3. The van der Waals surface area contributed by atoms with Crippen molar-refractivity contribution < 1.29 is 4.74 Å². The van der Waals surface area contributed by atoms with E-state index in [4.69, 9.17) is 10.5 Å². The third-order valence-corrected chi connectivity index (χ3v) is 2.79. The van der Waals surface area contributed by atoms with Crippen LogP contribution in [-0.2, 0) is 4.74 Å². The first-order valence-corrected chi connectivity index (χ1v) is 5.92. The number of nitrogens with two attached hydrogens (primary N) is 1. The maximum atomic E-state index is 5.89. The molecule has 0 saturated carbocycles. The lowest BCUT2D eigenvalue weighted by Crippen LogP contribution is -2.36. The zero-order valence-electron chi connectivity index (χ0n) is 10.5. The smallest absolute Gasteiger partial charge is 0.0590 e. The summed E-state index contributed by atoms with van der Waals surface area (Å²) in [5, 5.41) is 0. The molecule has 1 aromatic carbocycles. The molecule has 0 aliphatic heterocycles. The van der Waals surface area contributed by atoms with Crippen molar-refractivity contribution in [1.29, 1.82) is 0 Å². The highest BCUT2D eigenvalue weighted by Gasteiger charge is 2.17. The molecule has 0 radical (unpaired) electrons. The molecule has 1 unspecified atom stereocenters. The fourth-order valence-corrected chi connectivity index (χ4v) is 1.92. The van der Waals surface area contributed by atoms with Gasteiger partial charge in [-0.2, -0.15) is 0 Å². The highest BCUT2D eigenvalue weighted by molar-refractivity contribution is 5.19. The van der Waals surface area contributed by atoms with Crippen LogP contribution in [0.3, 0.4) is 0 Å². The monoisotopic (exact) mass is 234 g/mol. The highest BCUT2D eigenvalue weighted by Crippen LogP contribution is 2.18. The lowest BCUT2D eigenvalue weighted by molar-refractivity contribution is 0.130. The van der Waals surface area contributed by atoms with E-state index in [1.165, 1.54) is 5.56 Å². The second-order valence-electron chi connectivity index (χ2n) is 3.94. The molecular formula is C14H22N2O. The van der Waals surface area contributed by atoms with Crippen LogP contribution in [0.1, 0.15) is 11.6 Å². The van der Waals surface area contributed by atoms with Gasteiger partial charge in [0.1, 0.15) is 0 Å². The Morgan fingerprint density at radius 2 is 2.12 bits per heavy atom. The van der Waals surface area contributed by atoms with Gasteiger partial charge in [-0.25, -0.2) is 0 Å². The lowest BCUT2D eigenvalue weighted by atomic mass is 10.1. The van der Waals surface area contributed by atoms with Crippen molar-refractivity contribution in [3.05, 3.63) is 48.6 Å². The number of methoxy groups -OCH3 is 1. The van der Waals surface area contributed by atoms with E-state index in [2.05, 4.69) is 23.6 Å². The summed E-state index contributed by atoms with van der Waals surface area (Å²) in [5.74, 6) is 0. The molecule has 0 aromatic heterocycles. The van der Waals surface area contributed by atoms with Gasteiger partial charge in [-0.1, -0.05) is 36.4 Å². The molecule has 2 N–H and O–H groups in total. The molecule has 0 bridgehead atoms. The van der Waals surface area contributed by atoms with Gasteiger partial charge in [0, 0.05) is 32.8 Å². The molecule has 0 amide bonds. The van der Waals surface area contributed by atoms with Crippen LogP contribution in [0.5, 0.6) is 0 Å². The summed E-state index contributed by atoms with van der Waals surface area (Å²) < 4.78 is 5.13. The minimum atomic E-state index is 0.226. The Hall–Kier alpha value is -1.16. The molecule has 3 heteroatoms. The van der Waals surface area contributed by atoms with Crippen molar-refractivity contribution in [3.8, 4) is 0 Å². The van der Waals surface area contributed by atoms with E-state index in [1.54, 1.807) is 7.11 Å². The predicted octanol–water partition coefficient (Wildman–Crippen LogP) is 1.82. The van der Waals surface area contributed by atoms with Crippen LogP contribution >= 0.6 is 0 Å². The van der Waals surface area contributed by atoms with Gasteiger partial charge in [-0.15, -0.1) is 6.58 Å². The minimum Gasteiger partial charge on any atom is -0.383 e. The van der Waals surface area contributed by atoms with Crippen molar-refractivity contribution in [1.82, 2.24) is 4.90 Å². The van der Waals surface area contributed by atoms with E-state index in [-0.39, 0.29) is 6.04 Å². The standard InChI is InChI=1S/C14H22N2O/c1-3-9-16(10-11-17-2)14(12-15)13-7-5-4-6-8-13/h3-8,14H,1,9-12,15H2,2H3.